The van der Waals surface area contributed by atoms with Crippen molar-refractivity contribution in [1.82, 2.24) is 0 Å². The van der Waals surface area contributed by atoms with Crippen LogP contribution in [0.15, 0.2) is 0 Å². The van der Waals surface area contributed by atoms with E-state index in [-0.39, 0.29) is 13.2 Å². The van der Waals surface area contributed by atoms with Crippen LogP contribution >= 0.6 is 0 Å². The fourth-order valence-corrected chi connectivity index (χ4v) is 2.88. The van der Waals surface area contributed by atoms with Crippen molar-refractivity contribution >= 4 is 5.97 Å². The van der Waals surface area contributed by atoms with E-state index in [4.69, 9.17) is 72.4 Å². The average Bonchev–Trinajstić information content (AvgIpc) is 3.02. The maximum Gasteiger partial charge on any atom is 0.329 e. The average molecular weight is 648 g/mol. The molecule has 0 heterocycles. The first-order valence-electron chi connectivity index (χ1n) is 15.2. The molecule has 0 unspecified atom stereocenters. The zero-order valence-corrected chi connectivity index (χ0v) is 26.3. The maximum atomic E-state index is 10.3. The minimum atomic E-state index is -0.997. The maximum absolute atomic E-state index is 10.3. The predicted molar refractivity (Wildman–Crippen MR) is 157 cm³/mol. The van der Waals surface area contributed by atoms with Gasteiger partial charge in [0.1, 0.15) is 6.61 Å². The van der Waals surface area contributed by atoms with Gasteiger partial charge in [-0.05, 0) is 0 Å². The molecule has 0 aliphatic rings. The van der Waals surface area contributed by atoms with Gasteiger partial charge in [0.15, 0.2) is 0 Å². The fourth-order valence-electron chi connectivity index (χ4n) is 2.88. The highest BCUT2D eigenvalue weighted by molar-refractivity contribution is 5.67. The molecule has 0 aliphatic carbocycles. The van der Waals surface area contributed by atoms with Crippen LogP contribution in [0.1, 0.15) is 0 Å². The highest BCUT2D eigenvalue weighted by atomic mass is 16.6. The molecule has 0 saturated carbocycles. The van der Waals surface area contributed by atoms with Gasteiger partial charge in [0.2, 0.25) is 0 Å². The number of ether oxygens (including phenoxy) is 13. The lowest BCUT2D eigenvalue weighted by Crippen LogP contribution is -2.16. The lowest BCUT2D eigenvalue weighted by atomic mass is 10.6. The molecule has 0 aromatic rings. The Bertz CT molecular complexity index is 551. The number of carboxylic acids is 1. The molecule has 3 N–H and O–H groups in total. The number of hydrogen-bond acceptors (Lipinski definition) is 15. The highest BCUT2D eigenvalue weighted by Crippen LogP contribution is 1.87. The van der Waals surface area contributed by atoms with Gasteiger partial charge in [-0.1, -0.05) is 0 Å². The third kappa shape index (κ3) is 40.9. The Kier molecular flexibility index (Phi) is 38.9. The number of hydrogen-bond donors (Lipinski definition) is 2. The van der Waals surface area contributed by atoms with Crippen molar-refractivity contribution in [2.24, 2.45) is 5.73 Å². The molecule has 0 fully saturated rings. The van der Waals surface area contributed by atoms with E-state index in [1.807, 2.05) is 0 Å². The van der Waals surface area contributed by atoms with Gasteiger partial charge in [-0.2, -0.15) is 0 Å². The van der Waals surface area contributed by atoms with E-state index < -0.39 is 5.97 Å². The zero-order chi connectivity index (χ0) is 31.9. The lowest BCUT2D eigenvalue weighted by molar-refractivity contribution is -0.142. The van der Waals surface area contributed by atoms with E-state index in [1.165, 1.54) is 0 Å². The Labute approximate surface area is 261 Å². The van der Waals surface area contributed by atoms with Gasteiger partial charge < -0.3 is 72.4 Å². The molecule has 0 amide bonds. The Balaban J connectivity index is 3.04. The summed E-state index contributed by atoms with van der Waals surface area (Å²) in [7, 11) is 0. The standard InChI is InChI=1S/C28H57NO15/c29-1-2-32-3-4-33-5-6-34-7-8-35-9-10-36-11-12-37-13-14-38-15-16-39-17-18-40-19-20-41-21-22-42-23-24-43-25-26-44-27-28(30)31/h1-27,29H2,(H,30,31). The molecule has 16 nitrogen and oxygen atoms in total. The monoisotopic (exact) mass is 647 g/mol. The summed E-state index contributed by atoms with van der Waals surface area (Å²) in [6.07, 6.45) is 0. The summed E-state index contributed by atoms with van der Waals surface area (Å²) in [5.74, 6) is -0.997. The summed E-state index contributed by atoms with van der Waals surface area (Å²) >= 11 is 0. The highest BCUT2D eigenvalue weighted by Gasteiger charge is 1.98. The van der Waals surface area contributed by atoms with E-state index in [0.717, 1.165) is 0 Å². The van der Waals surface area contributed by atoms with Crippen LogP contribution in [0.25, 0.3) is 0 Å². The van der Waals surface area contributed by atoms with Crippen LogP contribution in [0.5, 0.6) is 0 Å². The van der Waals surface area contributed by atoms with E-state index in [2.05, 4.69) is 0 Å². The largest absolute Gasteiger partial charge is 0.480 e. The number of carboxylic acid groups (broad SMARTS) is 1. The summed E-state index contributed by atoms with van der Waals surface area (Å²) in [4.78, 5) is 10.3. The second-order valence-electron chi connectivity index (χ2n) is 8.58. The first-order chi connectivity index (χ1) is 21.8. The second-order valence-corrected chi connectivity index (χ2v) is 8.58. The molecule has 0 aliphatic heterocycles. The fraction of sp³-hybridized carbons (Fsp3) is 0.964. The predicted octanol–water partition coefficient (Wildman–Crippen LogP) is -0.754. The Morgan fingerprint density at radius 1 is 0.318 bits per heavy atom. The SMILES string of the molecule is NCCOCCOCCOCCOCCOCCOCCOCCOCCOCCOCCOCCOCCOCC(=O)O. The number of nitrogens with two attached hydrogens (primary N) is 1. The Morgan fingerprint density at radius 2 is 0.477 bits per heavy atom. The van der Waals surface area contributed by atoms with Crippen molar-refractivity contribution in [1.29, 1.82) is 0 Å². The minimum absolute atomic E-state index is 0.240. The molecule has 0 aromatic heterocycles. The van der Waals surface area contributed by atoms with E-state index in [1.54, 1.807) is 0 Å². The number of aliphatic carboxylic acids is 1. The van der Waals surface area contributed by atoms with E-state index >= 15 is 0 Å². The van der Waals surface area contributed by atoms with Gasteiger partial charge in [0, 0.05) is 6.54 Å². The molecular formula is C28H57NO15. The van der Waals surface area contributed by atoms with Crippen molar-refractivity contribution in [2.45, 2.75) is 0 Å². The molecule has 0 rings (SSSR count). The van der Waals surface area contributed by atoms with Crippen molar-refractivity contribution < 1.29 is 71.5 Å². The summed E-state index contributed by atoms with van der Waals surface area (Å²) in [5.41, 5.74) is 5.32. The van der Waals surface area contributed by atoms with Gasteiger partial charge in [0.25, 0.3) is 0 Å². The molecule has 264 valence electrons. The van der Waals surface area contributed by atoms with Crippen LogP contribution in [0.2, 0.25) is 0 Å². The first-order valence-corrected chi connectivity index (χ1v) is 15.2. The zero-order valence-electron chi connectivity index (χ0n) is 26.3. The van der Waals surface area contributed by atoms with Crippen LogP contribution in [-0.2, 0) is 66.4 Å². The third-order valence-electron chi connectivity index (χ3n) is 4.95. The number of carbonyl (C=O) groups is 1. The molecule has 0 aromatic carbocycles. The molecule has 0 radical (unpaired) electrons. The summed E-state index contributed by atoms with van der Waals surface area (Å²) in [6.45, 7) is 12.2. The molecule has 0 spiro atoms. The second kappa shape index (κ2) is 39.9. The van der Waals surface area contributed by atoms with Gasteiger partial charge in [-0.15, -0.1) is 0 Å². The van der Waals surface area contributed by atoms with Gasteiger partial charge in [0.05, 0.1) is 165 Å². The van der Waals surface area contributed by atoms with Crippen LogP contribution < -0.4 is 5.73 Å². The van der Waals surface area contributed by atoms with Crippen molar-refractivity contribution in [3.8, 4) is 0 Å². The third-order valence-corrected chi connectivity index (χ3v) is 4.95. The summed E-state index contributed by atoms with van der Waals surface area (Å²) in [6, 6.07) is 0. The smallest absolute Gasteiger partial charge is 0.329 e. The lowest BCUT2D eigenvalue weighted by Gasteiger charge is -2.09. The topological polar surface area (TPSA) is 183 Å². The summed E-state index contributed by atoms with van der Waals surface area (Å²) < 4.78 is 69.5. The van der Waals surface area contributed by atoms with Crippen LogP contribution in [0.4, 0.5) is 0 Å². The molecule has 0 bridgehead atoms. The van der Waals surface area contributed by atoms with Crippen molar-refractivity contribution in [3.63, 3.8) is 0 Å². The molecular weight excluding hydrogens is 590 g/mol. The Morgan fingerprint density at radius 3 is 0.636 bits per heavy atom. The van der Waals surface area contributed by atoms with Crippen LogP contribution in [0, 0.1) is 0 Å². The van der Waals surface area contributed by atoms with Crippen molar-refractivity contribution in [3.05, 3.63) is 0 Å². The molecule has 0 saturated heterocycles. The summed E-state index contributed by atoms with van der Waals surface area (Å²) in [5, 5.41) is 8.42. The normalized spacial score (nSPS) is 11.5. The van der Waals surface area contributed by atoms with Crippen LogP contribution in [0.3, 0.4) is 0 Å². The molecule has 16 heteroatoms. The number of rotatable bonds is 40. The first kappa shape index (κ1) is 42.9. The van der Waals surface area contributed by atoms with E-state index in [0.29, 0.717) is 165 Å². The van der Waals surface area contributed by atoms with E-state index in [9.17, 15) is 4.79 Å². The quantitative estimate of drug-likeness (QED) is 0.0791. The van der Waals surface area contributed by atoms with Gasteiger partial charge >= 0.3 is 5.97 Å². The molecule has 0 atom stereocenters. The molecule has 44 heavy (non-hydrogen) atoms. The minimum Gasteiger partial charge on any atom is -0.480 e. The Hall–Kier alpha value is -1.09. The van der Waals surface area contributed by atoms with Crippen molar-refractivity contribution in [2.75, 3.05) is 178 Å². The van der Waals surface area contributed by atoms with Crippen LogP contribution in [-0.4, -0.2) is 189 Å². The van der Waals surface area contributed by atoms with Gasteiger partial charge in [-0.25, -0.2) is 4.79 Å². The van der Waals surface area contributed by atoms with Gasteiger partial charge in [-0.3, -0.25) is 0 Å².